The van der Waals surface area contributed by atoms with Gasteiger partial charge in [-0.15, -0.1) is 0 Å². The molecule has 1 aromatic carbocycles. The zero-order valence-corrected chi connectivity index (χ0v) is 24.3. The van der Waals surface area contributed by atoms with E-state index >= 15 is 0 Å². The van der Waals surface area contributed by atoms with Crippen LogP contribution >= 0.6 is 0 Å². The van der Waals surface area contributed by atoms with E-state index in [1.165, 1.54) is 19.9 Å². The minimum atomic E-state index is -1.36. The van der Waals surface area contributed by atoms with Crippen LogP contribution in [0.5, 0.6) is 0 Å². The van der Waals surface area contributed by atoms with Gasteiger partial charge in [0.05, 0.1) is 6.61 Å². The molecule has 2 unspecified atom stereocenters. The molecule has 0 saturated heterocycles. The normalized spacial score (nSPS) is 14.0. The summed E-state index contributed by atoms with van der Waals surface area (Å²) in [5.41, 5.74) is -0.512. The van der Waals surface area contributed by atoms with Crippen LogP contribution in [0.15, 0.2) is 30.3 Å². The second-order valence-corrected chi connectivity index (χ2v) is 10.8. The first-order valence-corrected chi connectivity index (χ1v) is 13.7. The first-order chi connectivity index (χ1) is 17.8. The zero-order chi connectivity index (χ0) is 28.8. The number of unbranched alkanes of at least 4 members (excludes halogenated alkanes) is 2. The van der Waals surface area contributed by atoms with Crippen LogP contribution in [0.2, 0.25) is 0 Å². The zero-order valence-electron chi connectivity index (χ0n) is 24.3. The van der Waals surface area contributed by atoms with E-state index in [9.17, 15) is 19.2 Å². The molecule has 0 saturated carbocycles. The lowest BCUT2D eigenvalue weighted by atomic mass is 9.74. The second kappa shape index (κ2) is 16.1. The van der Waals surface area contributed by atoms with Crippen LogP contribution < -0.4 is 0 Å². The number of ketones is 1. The SMILES string of the molecule is CCCCCC(CCCC(Cc1ccc(/C=C/C(=O)OCC)cc1)(C(C)=O)C(=O)OC(C)(C)C)OC(C)=O. The van der Waals surface area contributed by atoms with Crippen LogP contribution in [0.4, 0.5) is 0 Å². The summed E-state index contributed by atoms with van der Waals surface area (Å²) in [6.45, 7) is 12.4. The minimum Gasteiger partial charge on any atom is -0.463 e. The maximum absolute atomic E-state index is 13.5. The summed E-state index contributed by atoms with van der Waals surface area (Å²) in [7, 11) is 0. The molecule has 212 valence electrons. The lowest BCUT2D eigenvalue weighted by Gasteiger charge is -2.33. The Bertz CT molecular complexity index is 940. The molecule has 1 rings (SSSR count). The number of hydrogen-bond donors (Lipinski definition) is 0. The highest BCUT2D eigenvalue weighted by atomic mass is 16.6. The Kier molecular flexibility index (Phi) is 14.0. The number of benzene rings is 1. The number of ether oxygens (including phenoxy) is 3. The molecule has 7 heteroatoms. The van der Waals surface area contributed by atoms with Crippen molar-refractivity contribution in [2.45, 2.75) is 112 Å². The lowest BCUT2D eigenvalue weighted by molar-refractivity contribution is -0.171. The Morgan fingerprint density at radius 1 is 0.921 bits per heavy atom. The molecule has 0 fully saturated rings. The number of Topliss-reactive ketones (excluding diaryl/α,β-unsaturated/α-hetero) is 1. The van der Waals surface area contributed by atoms with Crippen LogP contribution in [0.1, 0.15) is 105 Å². The third-order valence-electron chi connectivity index (χ3n) is 6.24. The molecule has 0 aliphatic heterocycles. The summed E-state index contributed by atoms with van der Waals surface area (Å²) < 4.78 is 16.2. The largest absolute Gasteiger partial charge is 0.463 e. The summed E-state index contributed by atoms with van der Waals surface area (Å²) >= 11 is 0. The maximum atomic E-state index is 13.5. The van der Waals surface area contributed by atoms with Crippen LogP contribution in [-0.4, -0.2) is 42.0 Å². The van der Waals surface area contributed by atoms with E-state index in [0.717, 1.165) is 36.8 Å². The summed E-state index contributed by atoms with van der Waals surface area (Å²) in [6.07, 6.45) is 8.17. The van der Waals surface area contributed by atoms with Crippen molar-refractivity contribution in [1.29, 1.82) is 0 Å². The molecule has 38 heavy (non-hydrogen) atoms. The number of rotatable bonds is 16. The molecule has 0 heterocycles. The van der Waals surface area contributed by atoms with Gasteiger partial charge >= 0.3 is 17.9 Å². The third kappa shape index (κ3) is 12.1. The van der Waals surface area contributed by atoms with Gasteiger partial charge in [0.15, 0.2) is 0 Å². The van der Waals surface area contributed by atoms with E-state index in [-0.39, 0.29) is 30.7 Å². The van der Waals surface area contributed by atoms with Crippen molar-refractivity contribution in [2.24, 2.45) is 5.41 Å². The van der Waals surface area contributed by atoms with Crippen LogP contribution in [-0.2, 0) is 39.8 Å². The summed E-state index contributed by atoms with van der Waals surface area (Å²) in [4.78, 5) is 49.8. The Balaban J connectivity index is 3.16. The van der Waals surface area contributed by atoms with Crippen LogP contribution in [0.3, 0.4) is 0 Å². The van der Waals surface area contributed by atoms with E-state index in [4.69, 9.17) is 14.2 Å². The molecule has 0 aromatic heterocycles. The molecular weight excluding hydrogens is 484 g/mol. The van der Waals surface area contributed by atoms with E-state index in [0.29, 0.717) is 19.4 Å². The van der Waals surface area contributed by atoms with E-state index in [2.05, 4.69) is 6.92 Å². The molecule has 0 N–H and O–H groups in total. The first kappa shape index (κ1) is 33.1. The standard InChI is InChI=1S/C31H46O7/c1-8-10-11-13-27(37-24(4)33)14-12-21-31(23(3)32,29(35)38-30(5,6)7)22-26-17-15-25(16-18-26)19-20-28(34)36-9-2/h15-20,27H,8-14,21-22H2,1-7H3/b20-19+. The topological polar surface area (TPSA) is 96.0 Å². The van der Waals surface area contributed by atoms with Gasteiger partial charge in [0.1, 0.15) is 22.9 Å². The Labute approximate surface area is 228 Å². The van der Waals surface area contributed by atoms with Gasteiger partial charge in [-0.1, -0.05) is 44.0 Å². The van der Waals surface area contributed by atoms with Crippen LogP contribution in [0, 0.1) is 5.41 Å². The van der Waals surface area contributed by atoms with Gasteiger partial charge in [-0.3, -0.25) is 14.4 Å². The molecule has 2 atom stereocenters. The Hall–Kier alpha value is -2.96. The molecule has 7 nitrogen and oxygen atoms in total. The van der Waals surface area contributed by atoms with Crippen molar-refractivity contribution >= 4 is 29.8 Å². The minimum absolute atomic E-state index is 0.188. The first-order valence-electron chi connectivity index (χ1n) is 13.7. The molecular formula is C31H46O7. The van der Waals surface area contributed by atoms with E-state index in [1.54, 1.807) is 33.8 Å². The fourth-order valence-corrected chi connectivity index (χ4v) is 4.28. The molecule has 0 aliphatic rings. The van der Waals surface area contributed by atoms with Crippen LogP contribution in [0.25, 0.3) is 6.08 Å². The van der Waals surface area contributed by atoms with Gasteiger partial charge in [-0.2, -0.15) is 0 Å². The fraction of sp³-hybridized carbons (Fsp3) is 0.613. The monoisotopic (exact) mass is 530 g/mol. The van der Waals surface area contributed by atoms with Gasteiger partial charge < -0.3 is 14.2 Å². The summed E-state index contributed by atoms with van der Waals surface area (Å²) in [6, 6.07) is 7.35. The van der Waals surface area contributed by atoms with Crippen molar-refractivity contribution in [1.82, 2.24) is 0 Å². The van der Waals surface area contributed by atoms with Gasteiger partial charge in [-0.25, -0.2) is 4.79 Å². The predicted octanol–water partition coefficient (Wildman–Crippen LogP) is 6.40. The summed E-state index contributed by atoms with van der Waals surface area (Å²) in [5.74, 6) is -1.54. The van der Waals surface area contributed by atoms with Gasteiger partial charge in [0.25, 0.3) is 0 Å². The van der Waals surface area contributed by atoms with E-state index in [1.807, 2.05) is 24.3 Å². The smallest absolute Gasteiger partial charge is 0.330 e. The molecule has 0 aliphatic carbocycles. The Morgan fingerprint density at radius 2 is 1.55 bits per heavy atom. The predicted molar refractivity (Wildman–Crippen MR) is 148 cm³/mol. The van der Waals surface area contributed by atoms with Crippen molar-refractivity contribution < 1.29 is 33.4 Å². The average Bonchev–Trinajstić information content (AvgIpc) is 2.81. The summed E-state index contributed by atoms with van der Waals surface area (Å²) in [5, 5.41) is 0. The highest BCUT2D eigenvalue weighted by Gasteiger charge is 2.45. The molecule has 0 spiro atoms. The highest BCUT2D eigenvalue weighted by molar-refractivity contribution is 6.03. The number of carbonyl (C=O) groups excluding carboxylic acids is 4. The molecule has 1 aromatic rings. The van der Waals surface area contributed by atoms with Gasteiger partial charge in [-0.05, 0) is 90.3 Å². The van der Waals surface area contributed by atoms with Crippen molar-refractivity contribution in [2.75, 3.05) is 6.61 Å². The average molecular weight is 531 g/mol. The quantitative estimate of drug-likeness (QED) is 0.0801. The molecule has 0 radical (unpaired) electrons. The third-order valence-corrected chi connectivity index (χ3v) is 6.24. The highest BCUT2D eigenvalue weighted by Crippen LogP contribution is 2.35. The van der Waals surface area contributed by atoms with Crippen molar-refractivity contribution in [3.63, 3.8) is 0 Å². The van der Waals surface area contributed by atoms with E-state index < -0.39 is 23.0 Å². The van der Waals surface area contributed by atoms with Gasteiger partial charge in [0, 0.05) is 13.0 Å². The fourth-order valence-electron chi connectivity index (χ4n) is 4.28. The lowest BCUT2D eigenvalue weighted by Crippen LogP contribution is -2.44. The number of esters is 3. The van der Waals surface area contributed by atoms with Gasteiger partial charge in [0.2, 0.25) is 0 Å². The second-order valence-electron chi connectivity index (χ2n) is 10.8. The number of carbonyl (C=O) groups is 4. The van der Waals surface area contributed by atoms with Crippen molar-refractivity contribution in [3.8, 4) is 0 Å². The Morgan fingerprint density at radius 3 is 2.08 bits per heavy atom. The van der Waals surface area contributed by atoms with Crippen molar-refractivity contribution in [3.05, 3.63) is 41.5 Å². The number of hydrogen-bond acceptors (Lipinski definition) is 7. The molecule has 0 amide bonds. The molecule has 0 bridgehead atoms. The maximum Gasteiger partial charge on any atom is 0.330 e.